The molecule has 0 fully saturated rings. The van der Waals surface area contributed by atoms with Crippen LogP contribution in [-0.2, 0) is 6.54 Å². The number of ether oxygens (including phenoxy) is 3. The smallest absolute Gasteiger partial charge is 0.227 e. The molecule has 4 aromatic rings. The minimum Gasteiger partial charge on any atom is -0.493 e. The van der Waals surface area contributed by atoms with Gasteiger partial charge < -0.3 is 24.4 Å². The van der Waals surface area contributed by atoms with Crippen LogP contribution in [0, 0.1) is 0 Å². The molecule has 0 saturated heterocycles. The van der Waals surface area contributed by atoms with Gasteiger partial charge in [-0.25, -0.2) is 9.97 Å². The molecule has 1 N–H and O–H groups in total. The quantitative estimate of drug-likeness (QED) is 0.320. The van der Waals surface area contributed by atoms with Gasteiger partial charge in [0.1, 0.15) is 5.69 Å². The van der Waals surface area contributed by atoms with E-state index in [4.69, 9.17) is 35.9 Å². The van der Waals surface area contributed by atoms with Gasteiger partial charge in [0.25, 0.3) is 0 Å². The van der Waals surface area contributed by atoms with Crippen LogP contribution in [0.5, 0.6) is 17.2 Å². The van der Waals surface area contributed by atoms with Crippen molar-refractivity contribution in [2.75, 3.05) is 47.3 Å². The molecule has 0 saturated carbocycles. The molecule has 0 aliphatic rings. The highest BCUT2D eigenvalue weighted by Crippen LogP contribution is 2.40. The van der Waals surface area contributed by atoms with Crippen molar-refractivity contribution >= 4 is 23.2 Å². The second-order valence-corrected chi connectivity index (χ2v) is 8.71. The van der Waals surface area contributed by atoms with Gasteiger partial charge in [-0.1, -0.05) is 23.7 Å². The Kier molecular flexibility index (Phi) is 7.92. The van der Waals surface area contributed by atoms with Crippen LogP contribution in [-0.4, -0.2) is 66.6 Å². The van der Waals surface area contributed by atoms with Crippen molar-refractivity contribution in [2.24, 2.45) is 0 Å². The minimum atomic E-state index is 0.421. The van der Waals surface area contributed by atoms with Crippen molar-refractivity contribution in [2.45, 2.75) is 6.54 Å². The van der Waals surface area contributed by atoms with Crippen LogP contribution in [0.2, 0.25) is 5.02 Å². The maximum absolute atomic E-state index is 6.12. The summed E-state index contributed by atoms with van der Waals surface area (Å²) in [6.07, 6.45) is 3.73. The lowest BCUT2D eigenvalue weighted by Gasteiger charge is -2.14. The molecule has 0 spiro atoms. The number of rotatable bonds is 10. The molecule has 2 heterocycles. The molecule has 10 heteroatoms. The average Bonchev–Trinajstić information content (AvgIpc) is 3.32. The molecule has 0 unspecified atom stereocenters. The van der Waals surface area contributed by atoms with Crippen LogP contribution < -0.4 is 19.5 Å². The van der Waals surface area contributed by atoms with Crippen molar-refractivity contribution in [3.05, 3.63) is 59.9 Å². The molecule has 0 bridgehead atoms. The van der Waals surface area contributed by atoms with Gasteiger partial charge in [-0.3, -0.25) is 4.68 Å². The maximum Gasteiger partial charge on any atom is 0.227 e. The van der Waals surface area contributed by atoms with E-state index >= 15 is 0 Å². The summed E-state index contributed by atoms with van der Waals surface area (Å²) in [5.74, 6) is 1.99. The van der Waals surface area contributed by atoms with Crippen molar-refractivity contribution in [3.8, 4) is 39.8 Å². The van der Waals surface area contributed by atoms with Gasteiger partial charge in [0, 0.05) is 52.9 Å². The van der Waals surface area contributed by atoms with E-state index in [9.17, 15) is 0 Å². The van der Waals surface area contributed by atoms with Crippen molar-refractivity contribution in [1.29, 1.82) is 0 Å². The van der Waals surface area contributed by atoms with E-state index in [0.29, 0.717) is 33.9 Å². The molecule has 36 heavy (non-hydrogen) atoms. The van der Waals surface area contributed by atoms with Crippen LogP contribution in [0.4, 0.5) is 11.6 Å². The zero-order valence-electron chi connectivity index (χ0n) is 20.9. The van der Waals surface area contributed by atoms with Crippen LogP contribution in [0.3, 0.4) is 0 Å². The number of benzene rings is 2. The molecule has 9 nitrogen and oxygen atoms in total. The number of aromatic nitrogens is 4. The zero-order valence-corrected chi connectivity index (χ0v) is 21.7. The highest BCUT2D eigenvalue weighted by atomic mass is 35.5. The van der Waals surface area contributed by atoms with E-state index in [-0.39, 0.29) is 0 Å². The fourth-order valence-corrected chi connectivity index (χ4v) is 3.82. The summed E-state index contributed by atoms with van der Waals surface area (Å²) >= 11 is 6.12. The highest BCUT2D eigenvalue weighted by molar-refractivity contribution is 6.30. The average molecular weight is 509 g/mol. The monoisotopic (exact) mass is 508 g/mol. The molecule has 188 valence electrons. The fraction of sp³-hybridized carbons (Fsp3) is 0.269. The summed E-state index contributed by atoms with van der Waals surface area (Å²) < 4.78 is 18.3. The van der Waals surface area contributed by atoms with Gasteiger partial charge >= 0.3 is 0 Å². The van der Waals surface area contributed by atoms with Crippen LogP contribution in [0.25, 0.3) is 22.5 Å². The molecule has 0 amide bonds. The zero-order chi connectivity index (χ0) is 25.7. The number of nitrogens with one attached hydrogen (secondary N) is 1. The summed E-state index contributed by atoms with van der Waals surface area (Å²) in [5, 5.41) is 8.77. The Labute approximate surface area is 215 Å². The number of hydrogen-bond donors (Lipinski definition) is 1. The second-order valence-electron chi connectivity index (χ2n) is 8.27. The summed E-state index contributed by atoms with van der Waals surface area (Å²) in [7, 11) is 8.79. The molecule has 0 radical (unpaired) electrons. The number of nitrogens with zero attached hydrogens (tertiary/aromatic N) is 5. The van der Waals surface area contributed by atoms with Gasteiger partial charge in [0.05, 0.1) is 33.6 Å². The van der Waals surface area contributed by atoms with Gasteiger partial charge in [-0.05, 0) is 32.3 Å². The molecule has 2 aromatic heterocycles. The minimum absolute atomic E-state index is 0.421. The summed E-state index contributed by atoms with van der Waals surface area (Å²) in [5.41, 5.74) is 4.10. The van der Waals surface area contributed by atoms with E-state index in [0.717, 1.165) is 35.6 Å². The predicted octanol–water partition coefficient (Wildman–Crippen LogP) is 4.99. The van der Waals surface area contributed by atoms with Gasteiger partial charge in [-0.15, -0.1) is 0 Å². The van der Waals surface area contributed by atoms with Gasteiger partial charge in [0.15, 0.2) is 11.5 Å². The molecule has 0 aliphatic carbocycles. The lowest BCUT2D eigenvalue weighted by molar-refractivity contribution is 0.324. The van der Waals surface area contributed by atoms with Crippen molar-refractivity contribution in [1.82, 2.24) is 24.6 Å². The number of likely N-dealkylation sites (N-methyl/N-ethyl adjacent to an activating group) is 1. The van der Waals surface area contributed by atoms with E-state index in [1.807, 2.05) is 55.3 Å². The molecule has 2 aromatic carbocycles. The van der Waals surface area contributed by atoms with E-state index < -0.39 is 0 Å². The summed E-state index contributed by atoms with van der Waals surface area (Å²) in [6, 6.07) is 13.1. The number of halogens is 1. The van der Waals surface area contributed by atoms with Gasteiger partial charge in [0.2, 0.25) is 11.7 Å². The van der Waals surface area contributed by atoms with Crippen LogP contribution in [0.1, 0.15) is 0 Å². The summed E-state index contributed by atoms with van der Waals surface area (Å²) in [6.45, 7) is 1.61. The predicted molar refractivity (Wildman–Crippen MR) is 142 cm³/mol. The first-order valence-electron chi connectivity index (χ1n) is 11.3. The Balaban J connectivity index is 1.71. The Hall–Kier alpha value is -3.82. The molecular formula is C26H29ClN6O3. The molecule has 4 rings (SSSR count). The standard InChI is InChI=1S/C26H29ClN6O3/c1-32(2)12-13-33-16-20(24(31-33)17-6-8-18(27)9-7-17)21-10-11-28-26(30-21)29-19-14-22(34-3)25(36-5)23(15-19)35-4/h6-11,14-16H,12-13H2,1-5H3,(H,28,29,30). The van der Waals surface area contributed by atoms with Crippen LogP contribution in [0.15, 0.2) is 54.9 Å². The van der Waals surface area contributed by atoms with Crippen molar-refractivity contribution in [3.63, 3.8) is 0 Å². The summed E-state index contributed by atoms with van der Waals surface area (Å²) in [4.78, 5) is 11.3. The molecule has 0 atom stereocenters. The third-order valence-electron chi connectivity index (χ3n) is 5.51. The van der Waals surface area contributed by atoms with E-state index in [2.05, 4.69) is 15.2 Å². The molecule has 0 aliphatic heterocycles. The normalized spacial score (nSPS) is 11.0. The van der Waals surface area contributed by atoms with Crippen LogP contribution >= 0.6 is 11.6 Å². The number of anilines is 2. The topological polar surface area (TPSA) is 86.6 Å². The Morgan fingerprint density at radius 2 is 1.67 bits per heavy atom. The SMILES string of the molecule is COc1cc(Nc2nccc(-c3cn(CCN(C)C)nc3-c3ccc(Cl)cc3)n2)cc(OC)c1OC. The first kappa shape index (κ1) is 25.3. The number of methoxy groups -OCH3 is 3. The molecular weight excluding hydrogens is 480 g/mol. The Morgan fingerprint density at radius 3 is 2.28 bits per heavy atom. The largest absolute Gasteiger partial charge is 0.493 e. The number of hydrogen-bond acceptors (Lipinski definition) is 8. The fourth-order valence-electron chi connectivity index (χ4n) is 3.70. The Morgan fingerprint density at radius 1 is 0.972 bits per heavy atom. The van der Waals surface area contributed by atoms with E-state index in [1.165, 1.54) is 0 Å². The second kappa shape index (κ2) is 11.3. The third-order valence-corrected chi connectivity index (χ3v) is 5.76. The maximum atomic E-state index is 6.12. The Bertz CT molecular complexity index is 1300. The van der Waals surface area contributed by atoms with Gasteiger partial charge in [-0.2, -0.15) is 5.10 Å². The lowest BCUT2D eigenvalue weighted by atomic mass is 10.1. The first-order valence-corrected chi connectivity index (χ1v) is 11.7. The highest BCUT2D eigenvalue weighted by Gasteiger charge is 2.17. The third kappa shape index (κ3) is 5.69. The first-order chi connectivity index (χ1) is 17.4. The lowest BCUT2D eigenvalue weighted by Crippen LogP contribution is -2.18. The van der Waals surface area contributed by atoms with E-state index in [1.54, 1.807) is 39.7 Å². The van der Waals surface area contributed by atoms with Crippen molar-refractivity contribution < 1.29 is 14.2 Å².